The van der Waals surface area contributed by atoms with Crippen LogP contribution < -0.4 is 10.2 Å². The van der Waals surface area contributed by atoms with Gasteiger partial charge in [-0.15, -0.1) is 0 Å². The number of amides is 2. The molecule has 1 aromatic rings. The van der Waals surface area contributed by atoms with Crippen LogP contribution in [0.15, 0.2) is 18.2 Å². The molecule has 0 aliphatic carbocycles. The van der Waals surface area contributed by atoms with E-state index in [4.69, 9.17) is 5.11 Å². The van der Waals surface area contributed by atoms with Crippen molar-refractivity contribution in [1.29, 1.82) is 0 Å². The van der Waals surface area contributed by atoms with Crippen molar-refractivity contribution < 1.29 is 28.3 Å². The number of carboxylic acid groups (broad SMARTS) is 1. The van der Waals surface area contributed by atoms with Crippen LogP contribution in [0.2, 0.25) is 0 Å². The first-order valence-corrected chi connectivity index (χ1v) is 7.07. The van der Waals surface area contributed by atoms with Crippen molar-refractivity contribution in [3.8, 4) is 0 Å². The molecule has 1 aliphatic heterocycles. The van der Waals surface area contributed by atoms with Crippen molar-refractivity contribution in [2.45, 2.75) is 13.3 Å². The molecule has 0 radical (unpaired) electrons. The third-order valence-corrected chi connectivity index (χ3v) is 3.69. The molecule has 1 saturated heterocycles. The zero-order valence-corrected chi connectivity index (χ0v) is 12.4. The highest BCUT2D eigenvalue weighted by Crippen LogP contribution is 2.26. The molecule has 2 atom stereocenters. The summed E-state index contributed by atoms with van der Waals surface area (Å²) in [5.74, 6) is -5.57. The lowest BCUT2D eigenvalue weighted by Crippen LogP contribution is -2.39. The Morgan fingerprint density at radius 3 is 2.52 bits per heavy atom. The smallest absolute Gasteiger partial charge is 0.308 e. The number of aliphatic carboxylic acids is 1. The number of carbonyl (C=O) groups is 3. The quantitative estimate of drug-likeness (QED) is 0.795. The Bertz CT molecular complexity index is 630. The molecule has 0 aromatic heterocycles. The molecule has 6 nitrogen and oxygen atoms in total. The number of benzene rings is 1. The molecule has 1 aromatic carbocycles. The van der Waals surface area contributed by atoms with Crippen LogP contribution in [0.3, 0.4) is 0 Å². The van der Waals surface area contributed by atoms with Gasteiger partial charge in [0.15, 0.2) is 0 Å². The second-order valence-corrected chi connectivity index (χ2v) is 5.44. The minimum absolute atomic E-state index is 0.0571. The van der Waals surface area contributed by atoms with Gasteiger partial charge in [-0.25, -0.2) is 8.78 Å². The molecule has 1 aliphatic rings. The predicted molar refractivity (Wildman–Crippen MR) is 76.6 cm³/mol. The van der Waals surface area contributed by atoms with E-state index in [1.807, 2.05) is 0 Å². The minimum atomic E-state index is -1.06. The van der Waals surface area contributed by atoms with Gasteiger partial charge in [0.2, 0.25) is 11.8 Å². The van der Waals surface area contributed by atoms with E-state index in [0.29, 0.717) is 6.07 Å². The van der Waals surface area contributed by atoms with E-state index in [9.17, 15) is 23.2 Å². The van der Waals surface area contributed by atoms with Crippen molar-refractivity contribution in [1.82, 2.24) is 5.32 Å². The van der Waals surface area contributed by atoms with E-state index in [2.05, 4.69) is 5.32 Å². The van der Waals surface area contributed by atoms with Gasteiger partial charge in [0.05, 0.1) is 5.92 Å². The summed E-state index contributed by atoms with van der Waals surface area (Å²) in [4.78, 5) is 36.1. The minimum Gasteiger partial charge on any atom is -0.481 e. The number of anilines is 1. The fourth-order valence-corrected chi connectivity index (χ4v) is 2.34. The molecule has 2 N–H and O–H groups in total. The number of hydrogen-bond acceptors (Lipinski definition) is 3. The van der Waals surface area contributed by atoms with Crippen LogP contribution in [0.4, 0.5) is 14.5 Å². The van der Waals surface area contributed by atoms with E-state index < -0.39 is 41.3 Å². The molecule has 0 saturated carbocycles. The fourth-order valence-electron chi connectivity index (χ4n) is 2.34. The van der Waals surface area contributed by atoms with Gasteiger partial charge >= 0.3 is 5.97 Å². The Morgan fingerprint density at radius 1 is 1.35 bits per heavy atom. The van der Waals surface area contributed by atoms with Gasteiger partial charge in [-0.05, 0) is 18.6 Å². The van der Waals surface area contributed by atoms with Crippen LogP contribution in [-0.2, 0) is 14.4 Å². The first kappa shape index (κ1) is 16.9. The molecular formula is C15H16F2N2O4. The summed E-state index contributed by atoms with van der Waals surface area (Å²) in [7, 11) is 0. The maximum atomic E-state index is 13.2. The molecule has 1 heterocycles. The fraction of sp³-hybridized carbons (Fsp3) is 0.400. The largest absolute Gasteiger partial charge is 0.481 e. The monoisotopic (exact) mass is 326 g/mol. The average molecular weight is 326 g/mol. The van der Waals surface area contributed by atoms with Crippen LogP contribution in [0.25, 0.3) is 0 Å². The van der Waals surface area contributed by atoms with Crippen molar-refractivity contribution in [2.75, 3.05) is 18.0 Å². The van der Waals surface area contributed by atoms with Gasteiger partial charge in [-0.3, -0.25) is 14.4 Å². The second kappa shape index (κ2) is 6.72. The first-order valence-electron chi connectivity index (χ1n) is 7.07. The zero-order chi connectivity index (χ0) is 17.1. The van der Waals surface area contributed by atoms with Crippen molar-refractivity contribution >= 4 is 23.5 Å². The molecule has 2 rings (SSSR count). The van der Waals surface area contributed by atoms with Crippen molar-refractivity contribution in [3.63, 3.8) is 0 Å². The lowest BCUT2D eigenvalue weighted by Gasteiger charge is -2.17. The highest BCUT2D eigenvalue weighted by Gasteiger charge is 2.38. The van der Waals surface area contributed by atoms with Crippen LogP contribution in [0.5, 0.6) is 0 Å². The van der Waals surface area contributed by atoms with E-state index in [1.54, 1.807) is 0 Å². The lowest BCUT2D eigenvalue weighted by molar-refractivity contribution is -0.141. The number of rotatable bonds is 5. The summed E-state index contributed by atoms with van der Waals surface area (Å²) >= 11 is 0. The first-order chi connectivity index (χ1) is 10.8. The van der Waals surface area contributed by atoms with Crippen LogP contribution in [-0.4, -0.2) is 36.0 Å². The SMILES string of the molecule is C[C@H](CNC(=O)[C@@H]1CCN(c2cc(F)cc(F)c2)C1=O)C(=O)O. The van der Waals surface area contributed by atoms with Crippen molar-refractivity contribution in [3.05, 3.63) is 29.8 Å². The summed E-state index contributed by atoms with van der Waals surface area (Å²) in [5.41, 5.74) is 0.0571. The van der Waals surface area contributed by atoms with Gasteiger partial charge in [-0.1, -0.05) is 6.92 Å². The van der Waals surface area contributed by atoms with Gasteiger partial charge in [0, 0.05) is 24.8 Å². The Labute approximate surface area is 131 Å². The molecule has 0 spiro atoms. The average Bonchev–Trinajstić information content (AvgIpc) is 2.85. The summed E-state index contributed by atoms with van der Waals surface area (Å²) in [6.45, 7) is 1.50. The molecule has 23 heavy (non-hydrogen) atoms. The lowest BCUT2D eigenvalue weighted by atomic mass is 10.1. The van der Waals surface area contributed by atoms with E-state index >= 15 is 0 Å². The summed E-state index contributed by atoms with van der Waals surface area (Å²) in [6, 6.07) is 2.74. The summed E-state index contributed by atoms with van der Waals surface area (Å²) < 4.78 is 26.5. The zero-order valence-electron chi connectivity index (χ0n) is 12.4. The number of hydrogen-bond donors (Lipinski definition) is 2. The van der Waals surface area contributed by atoms with Gasteiger partial charge in [0.1, 0.15) is 17.6 Å². The topological polar surface area (TPSA) is 86.7 Å². The van der Waals surface area contributed by atoms with Gasteiger partial charge < -0.3 is 15.3 Å². The predicted octanol–water partition coefficient (Wildman–Crippen LogP) is 1.15. The maximum absolute atomic E-state index is 13.2. The summed E-state index contributed by atoms with van der Waals surface area (Å²) in [5, 5.41) is 11.2. The number of halogens is 2. The molecule has 8 heteroatoms. The Morgan fingerprint density at radius 2 is 1.96 bits per heavy atom. The third kappa shape index (κ3) is 3.82. The van der Waals surface area contributed by atoms with Crippen LogP contribution >= 0.6 is 0 Å². The number of nitrogens with zero attached hydrogens (tertiary/aromatic N) is 1. The number of nitrogens with one attached hydrogen (secondary N) is 1. The summed E-state index contributed by atoms with van der Waals surface area (Å²) in [6.07, 6.45) is 0.199. The molecule has 124 valence electrons. The van der Waals surface area contributed by atoms with Crippen LogP contribution in [0.1, 0.15) is 13.3 Å². The van der Waals surface area contributed by atoms with Gasteiger partial charge in [0.25, 0.3) is 0 Å². The van der Waals surface area contributed by atoms with E-state index in [0.717, 1.165) is 17.0 Å². The maximum Gasteiger partial charge on any atom is 0.308 e. The third-order valence-electron chi connectivity index (χ3n) is 3.69. The number of carbonyl (C=O) groups excluding carboxylic acids is 2. The Balaban J connectivity index is 2.03. The van der Waals surface area contributed by atoms with E-state index in [1.165, 1.54) is 6.92 Å². The van der Waals surface area contributed by atoms with Crippen molar-refractivity contribution in [2.24, 2.45) is 11.8 Å². The Hall–Kier alpha value is -2.51. The van der Waals surface area contributed by atoms with E-state index in [-0.39, 0.29) is 25.2 Å². The van der Waals surface area contributed by atoms with Crippen LogP contribution in [0, 0.1) is 23.5 Å². The molecule has 2 amide bonds. The Kier molecular flexibility index (Phi) is 4.92. The van der Waals surface area contributed by atoms with Gasteiger partial charge in [-0.2, -0.15) is 0 Å². The highest BCUT2D eigenvalue weighted by molar-refractivity contribution is 6.09. The molecule has 0 unspecified atom stereocenters. The highest BCUT2D eigenvalue weighted by atomic mass is 19.1. The normalized spacial score (nSPS) is 18.8. The standard InChI is InChI=1S/C15H16F2N2O4/c1-8(15(22)23)7-18-13(20)12-2-3-19(14(12)21)11-5-9(16)4-10(17)6-11/h4-6,8,12H,2-3,7H2,1H3,(H,18,20)(H,22,23)/t8-,12+/m1/s1. The molecular weight excluding hydrogens is 310 g/mol. The molecule has 0 bridgehead atoms. The second-order valence-electron chi connectivity index (χ2n) is 5.44. The number of carboxylic acids is 1. The molecule has 1 fully saturated rings.